The summed E-state index contributed by atoms with van der Waals surface area (Å²) in [5, 5.41) is 13.2. The van der Waals surface area contributed by atoms with Gasteiger partial charge in [0.2, 0.25) is 0 Å². The summed E-state index contributed by atoms with van der Waals surface area (Å²) in [6, 6.07) is 5.64. The molecular formula is C16H22FNO. The third kappa shape index (κ3) is 2.41. The van der Waals surface area contributed by atoms with Gasteiger partial charge in [-0.05, 0) is 42.9 Å². The van der Waals surface area contributed by atoms with E-state index in [-0.39, 0.29) is 23.9 Å². The molecule has 1 atom stereocenters. The topological polar surface area (TPSA) is 32.3 Å². The van der Waals surface area contributed by atoms with Crippen molar-refractivity contribution in [2.45, 2.75) is 44.6 Å². The molecule has 0 spiro atoms. The lowest BCUT2D eigenvalue weighted by Crippen LogP contribution is -2.36. The van der Waals surface area contributed by atoms with Gasteiger partial charge in [-0.1, -0.05) is 25.0 Å². The first-order valence-electron chi connectivity index (χ1n) is 7.36. The highest BCUT2D eigenvalue weighted by atomic mass is 19.1. The molecule has 1 unspecified atom stereocenters. The van der Waals surface area contributed by atoms with Crippen LogP contribution in [0.1, 0.15) is 49.3 Å². The molecule has 2 aliphatic rings. The van der Waals surface area contributed by atoms with Crippen molar-refractivity contribution < 1.29 is 9.50 Å². The molecule has 0 heterocycles. The van der Waals surface area contributed by atoms with E-state index in [0.29, 0.717) is 0 Å². The van der Waals surface area contributed by atoms with Gasteiger partial charge >= 0.3 is 0 Å². The van der Waals surface area contributed by atoms with Crippen LogP contribution >= 0.6 is 0 Å². The van der Waals surface area contributed by atoms with Crippen molar-refractivity contribution in [3.63, 3.8) is 0 Å². The lowest BCUT2D eigenvalue weighted by molar-refractivity contribution is 0.124. The van der Waals surface area contributed by atoms with E-state index in [0.717, 1.165) is 43.4 Å². The Hall–Kier alpha value is -0.930. The monoisotopic (exact) mass is 263 g/mol. The summed E-state index contributed by atoms with van der Waals surface area (Å²) in [7, 11) is 0. The van der Waals surface area contributed by atoms with Crippen LogP contribution in [-0.4, -0.2) is 18.3 Å². The average Bonchev–Trinajstić information content (AvgIpc) is 3.04. The zero-order chi connectivity index (χ0) is 13.3. The Morgan fingerprint density at radius 3 is 2.84 bits per heavy atom. The van der Waals surface area contributed by atoms with Crippen molar-refractivity contribution >= 4 is 0 Å². The number of halogens is 1. The van der Waals surface area contributed by atoms with Gasteiger partial charge in [-0.15, -0.1) is 0 Å². The summed E-state index contributed by atoms with van der Waals surface area (Å²) in [6.45, 7) is 1.12. The number of hydrogen-bond donors (Lipinski definition) is 2. The third-order valence-corrected chi connectivity index (χ3v) is 4.94. The van der Waals surface area contributed by atoms with Crippen LogP contribution in [0.5, 0.6) is 0 Å². The summed E-state index contributed by atoms with van der Waals surface area (Å²) in [5.41, 5.74) is 2.06. The fourth-order valence-electron chi connectivity index (χ4n) is 3.68. The van der Waals surface area contributed by atoms with Gasteiger partial charge in [0.15, 0.2) is 0 Å². The van der Waals surface area contributed by atoms with Crippen LogP contribution in [0, 0.1) is 11.2 Å². The predicted octanol–water partition coefficient (Wildman–Crippen LogP) is 2.96. The van der Waals surface area contributed by atoms with Crippen molar-refractivity contribution in [1.82, 2.24) is 5.32 Å². The molecule has 19 heavy (non-hydrogen) atoms. The third-order valence-electron chi connectivity index (χ3n) is 4.94. The van der Waals surface area contributed by atoms with Crippen molar-refractivity contribution in [2.24, 2.45) is 5.41 Å². The Kier molecular flexibility index (Phi) is 3.59. The average molecular weight is 263 g/mol. The van der Waals surface area contributed by atoms with Crippen LogP contribution in [0.15, 0.2) is 18.2 Å². The van der Waals surface area contributed by atoms with Crippen LogP contribution < -0.4 is 5.32 Å². The molecule has 2 N–H and O–H groups in total. The summed E-state index contributed by atoms with van der Waals surface area (Å²) in [4.78, 5) is 0. The van der Waals surface area contributed by atoms with Crippen molar-refractivity contribution in [3.8, 4) is 0 Å². The molecule has 2 aliphatic carbocycles. The van der Waals surface area contributed by atoms with E-state index >= 15 is 0 Å². The fourth-order valence-corrected chi connectivity index (χ4v) is 3.68. The molecule has 0 aromatic heterocycles. The quantitative estimate of drug-likeness (QED) is 0.875. The van der Waals surface area contributed by atoms with Crippen LogP contribution in [0.4, 0.5) is 4.39 Å². The molecule has 0 saturated heterocycles. The second kappa shape index (κ2) is 5.22. The number of fused-ring (bicyclic) bond motifs is 1. The normalized spacial score (nSPS) is 24.6. The van der Waals surface area contributed by atoms with Gasteiger partial charge < -0.3 is 10.4 Å². The van der Waals surface area contributed by atoms with Crippen LogP contribution in [0.3, 0.4) is 0 Å². The number of aliphatic hydroxyl groups is 1. The zero-order valence-electron chi connectivity index (χ0n) is 11.3. The minimum atomic E-state index is -0.0699. The Morgan fingerprint density at radius 1 is 1.32 bits per heavy atom. The standard InChI is InChI=1S/C16H22FNO/c17-14-5-3-4-13-12(14)6-7-15(13)18-10-16(11-19)8-1-2-9-16/h3-5,15,18-19H,1-2,6-11H2. The SMILES string of the molecule is OCC1(CNC2CCc3c(F)cccc32)CCCC1. The number of nitrogens with one attached hydrogen (secondary N) is 1. The molecule has 0 aliphatic heterocycles. The Labute approximate surface area is 114 Å². The van der Waals surface area contributed by atoms with Crippen LogP contribution in [0.25, 0.3) is 0 Å². The smallest absolute Gasteiger partial charge is 0.126 e. The van der Waals surface area contributed by atoms with E-state index in [1.807, 2.05) is 6.07 Å². The molecule has 1 aromatic rings. The fraction of sp³-hybridized carbons (Fsp3) is 0.625. The van der Waals surface area contributed by atoms with E-state index in [1.165, 1.54) is 12.8 Å². The minimum Gasteiger partial charge on any atom is -0.396 e. The number of hydrogen-bond acceptors (Lipinski definition) is 2. The van der Waals surface area contributed by atoms with Gasteiger partial charge in [-0.3, -0.25) is 0 Å². The molecule has 0 radical (unpaired) electrons. The van der Waals surface area contributed by atoms with E-state index < -0.39 is 0 Å². The molecule has 2 nitrogen and oxygen atoms in total. The maximum Gasteiger partial charge on any atom is 0.126 e. The Morgan fingerprint density at radius 2 is 2.11 bits per heavy atom. The Bertz CT molecular complexity index is 454. The van der Waals surface area contributed by atoms with E-state index in [4.69, 9.17) is 0 Å². The molecular weight excluding hydrogens is 241 g/mol. The first kappa shape index (κ1) is 13.1. The molecule has 0 amide bonds. The Balaban J connectivity index is 1.68. The molecule has 104 valence electrons. The van der Waals surface area contributed by atoms with Gasteiger partial charge in [0.1, 0.15) is 5.82 Å². The number of rotatable bonds is 4. The lowest BCUT2D eigenvalue weighted by Gasteiger charge is -2.29. The molecule has 0 bridgehead atoms. The van der Waals surface area contributed by atoms with Crippen molar-refractivity contribution in [1.29, 1.82) is 0 Å². The summed E-state index contributed by atoms with van der Waals surface area (Å²) < 4.78 is 13.7. The number of benzene rings is 1. The first-order valence-corrected chi connectivity index (χ1v) is 7.36. The van der Waals surface area contributed by atoms with E-state index in [1.54, 1.807) is 12.1 Å². The highest BCUT2D eigenvalue weighted by Crippen LogP contribution is 2.39. The lowest BCUT2D eigenvalue weighted by atomic mass is 9.87. The van der Waals surface area contributed by atoms with Crippen molar-refractivity contribution in [3.05, 3.63) is 35.1 Å². The second-order valence-corrected chi connectivity index (χ2v) is 6.14. The molecule has 3 rings (SSSR count). The van der Waals surface area contributed by atoms with Gasteiger partial charge in [0.05, 0.1) is 0 Å². The highest BCUT2D eigenvalue weighted by molar-refractivity contribution is 5.35. The highest BCUT2D eigenvalue weighted by Gasteiger charge is 2.34. The summed E-state index contributed by atoms with van der Waals surface area (Å²) >= 11 is 0. The minimum absolute atomic E-state index is 0.0656. The van der Waals surface area contributed by atoms with E-state index in [9.17, 15) is 9.50 Å². The predicted molar refractivity (Wildman–Crippen MR) is 73.5 cm³/mol. The molecule has 1 fully saturated rings. The number of aliphatic hydroxyl groups excluding tert-OH is 1. The molecule has 1 aromatic carbocycles. The zero-order valence-corrected chi connectivity index (χ0v) is 11.3. The van der Waals surface area contributed by atoms with Gasteiger partial charge in [-0.2, -0.15) is 0 Å². The largest absolute Gasteiger partial charge is 0.396 e. The summed E-state index contributed by atoms with van der Waals surface area (Å²) in [6.07, 6.45) is 6.46. The second-order valence-electron chi connectivity index (χ2n) is 6.14. The van der Waals surface area contributed by atoms with Crippen molar-refractivity contribution in [2.75, 3.05) is 13.2 Å². The van der Waals surface area contributed by atoms with Gasteiger partial charge in [-0.25, -0.2) is 4.39 Å². The van der Waals surface area contributed by atoms with Crippen LogP contribution in [0.2, 0.25) is 0 Å². The van der Waals surface area contributed by atoms with E-state index in [2.05, 4.69) is 5.32 Å². The van der Waals surface area contributed by atoms with Crippen LogP contribution in [-0.2, 0) is 6.42 Å². The van der Waals surface area contributed by atoms with Gasteiger partial charge in [0, 0.05) is 24.6 Å². The molecule has 3 heteroatoms. The first-order chi connectivity index (χ1) is 9.24. The maximum absolute atomic E-state index is 13.7. The maximum atomic E-state index is 13.7. The van der Waals surface area contributed by atoms with Gasteiger partial charge in [0.25, 0.3) is 0 Å². The summed E-state index contributed by atoms with van der Waals surface area (Å²) in [5.74, 6) is -0.0699. The molecule has 1 saturated carbocycles.